The zero-order chi connectivity index (χ0) is 16.7. The average molecular weight is 314 g/mol. The lowest BCUT2D eigenvalue weighted by molar-refractivity contribution is -0.119. The molecule has 0 bridgehead atoms. The Morgan fingerprint density at radius 1 is 1.13 bits per heavy atom. The number of nitrogens with one attached hydrogen (secondary N) is 2. The summed E-state index contributed by atoms with van der Waals surface area (Å²) in [6, 6.07) is 9.70. The van der Waals surface area contributed by atoms with E-state index in [-0.39, 0.29) is 12.5 Å². The van der Waals surface area contributed by atoms with Crippen LogP contribution in [0.2, 0.25) is 0 Å². The van der Waals surface area contributed by atoms with Crippen molar-refractivity contribution in [2.45, 2.75) is 20.3 Å². The molecule has 0 saturated carbocycles. The van der Waals surface area contributed by atoms with Gasteiger partial charge in [-0.05, 0) is 44.0 Å². The van der Waals surface area contributed by atoms with E-state index in [0.717, 1.165) is 29.1 Å². The summed E-state index contributed by atoms with van der Waals surface area (Å²) in [5.41, 5.74) is 2.90. The monoisotopic (exact) mass is 314 g/mol. The molecule has 122 valence electrons. The molecule has 0 saturated heterocycles. The molecule has 0 fully saturated rings. The molecule has 2 rings (SSSR count). The lowest BCUT2D eigenvalue weighted by Gasteiger charge is -2.08. The van der Waals surface area contributed by atoms with E-state index in [4.69, 9.17) is 4.74 Å². The van der Waals surface area contributed by atoms with Crippen molar-refractivity contribution in [3.8, 4) is 5.75 Å². The number of nitrogens with zero attached hydrogens (tertiary/aromatic N) is 2. The quantitative estimate of drug-likeness (QED) is 0.816. The second-order valence-corrected chi connectivity index (χ2v) is 5.28. The third-order valence-electron chi connectivity index (χ3n) is 3.28. The largest absolute Gasteiger partial charge is 0.497 e. The van der Waals surface area contributed by atoms with Gasteiger partial charge in [-0.2, -0.15) is 0 Å². The lowest BCUT2D eigenvalue weighted by atomic mass is 10.1. The molecular formula is C17H22N4O2. The van der Waals surface area contributed by atoms with Crippen LogP contribution in [-0.2, 0) is 11.2 Å². The number of carbonyl (C=O) groups is 1. The number of aromatic nitrogens is 2. The zero-order valence-corrected chi connectivity index (χ0v) is 13.7. The SMILES string of the molecule is COc1ccc(CCNC(=O)CNc2nc(C)cc(C)n2)cc1. The van der Waals surface area contributed by atoms with Gasteiger partial charge in [0.1, 0.15) is 5.75 Å². The third kappa shape index (κ3) is 5.58. The molecule has 0 spiro atoms. The fourth-order valence-corrected chi connectivity index (χ4v) is 2.17. The maximum Gasteiger partial charge on any atom is 0.239 e. The summed E-state index contributed by atoms with van der Waals surface area (Å²) in [6.45, 7) is 4.54. The predicted octanol–water partition coefficient (Wildman–Crippen LogP) is 1.87. The van der Waals surface area contributed by atoms with Crippen molar-refractivity contribution >= 4 is 11.9 Å². The number of carbonyl (C=O) groups excluding carboxylic acids is 1. The van der Waals surface area contributed by atoms with Crippen molar-refractivity contribution < 1.29 is 9.53 Å². The van der Waals surface area contributed by atoms with E-state index in [1.165, 1.54) is 0 Å². The van der Waals surface area contributed by atoms with Gasteiger partial charge in [0.2, 0.25) is 11.9 Å². The highest BCUT2D eigenvalue weighted by Gasteiger charge is 2.04. The first-order valence-electron chi connectivity index (χ1n) is 7.52. The Morgan fingerprint density at radius 2 is 1.78 bits per heavy atom. The molecule has 1 heterocycles. The van der Waals surface area contributed by atoms with E-state index in [0.29, 0.717) is 12.5 Å². The molecule has 6 heteroatoms. The Morgan fingerprint density at radius 3 is 2.39 bits per heavy atom. The summed E-state index contributed by atoms with van der Waals surface area (Å²) in [5.74, 6) is 1.23. The minimum atomic E-state index is -0.0822. The number of amides is 1. The summed E-state index contributed by atoms with van der Waals surface area (Å²) in [5, 5.41) is 5.81. The van der Waals surface area contributed by atoms with E-state index in [1.807, 2.05) is 44.2 Å². The van der Waals surface area contributed by atoms with Gasteiger partial charge in [0.15, 0.2) is 0 Å². The number of aryl methyl sites for hydroxylation is 2. The van der Waals surface area contributed by atoms with Gasteiger partial charge in [0, 0.05) is 17.9 Å². The summed E-state index contributed by atoms with van der Waals surface area (Å²) in [7, 11) is 1.64. The van der Waals surface area contributed by atoms with Crippen LogP contribution in [0.1, 0.15) is 17.0 Å². The number of benzene rings is 1. The van der Waals surface area contributed by atoms with Gasteiger partial charge in [-0.1, -0.05) is 12.1 Å². The van der Waals surface area contributed by atoms with Gasteiger partial charge in [-0.25, -0.2) is 9.97 Å². The Hall–Kier alpha value is -2.63. The molecule has 1 aromatic heterocycles. The molecule has 2 aromatic rings. The molecular weight excluding hydrogens is 292 g/mol. The smallest absolute Gasteiger partial charge is 0.239 e. The molecule has 0 aliphatic carbocycles. The van der Waals surface area contributed by atoms with Crippen molar-refractivity contribution in [1.29, 1.82) is 0 Å². The van der Waals surface area contributed by atoms with Crippen molar-refractivity contribution in [2.75, 3.05) is 25.5 Å². The summed E-state index contributed by atoms with van der Waals surface area (Å²) in [6.07, 6.45) is 0.774. The van der Waals surface area contributed by atoms with E-state index in [9.17, 15) is 4.79 Å². The molecule has 0 aliphatic heterocycles. The van der Waals surface area contributed by atoms with E-state index in [1.54, 1.807) is 7.11 Å². The second kappa shape index (κ2) is 8.12. The topological polar surface area (TPSA) is 76.1 Å². The van der Waals surface area contributed by atoms with E-state index in [2.05, 4.69) is 20.6 Å². The Labute approximate surface area is 136 Å². The molecule has 2 N–H and O–H groups in total. The number of rotatable bonds is 7. The fraction of sp³-hybridized carbons (Fsp3) is 0.353. The van der Waals surface area contributed by atoms with Crippen LogP contribution in [0, 0.1) is 13.8 Å². The standard InChI is InChI=1S/C17H22N4O2/c1-12-10-13(2)21-17(20-12)19-11-16(22)18-9-8-14-4-6-15(23-3)7-5-14/h4-7,10H,8-9,11H2,1-3H3,(H,18,22)(H,19,20,21). The maximum absolute atomic E-state index is 11.8. The molecule has 23 heavy (non-hydrogen) atoms. The first-order chi connectivity index (χ1) is 11.1. The van der Waals surface area contributed by atoms with Crippen LogP contribution in [0.4, 0.5) is 5.95 Å². The molecule has 0 radical (unpaired) electrons. The van der Waals surface area contributed by atoms with Crippen molar-refractivity contribution in [3.63, 3.8) is 0 Å². The van der Waals surface area contributed by atoms with E-state index < -0.39 is 0 Å². The maximum atomic E-state index is 11.8. The van der Waals surface area contributed by atoms with Gasteiger partial charge in [0.25, 0.3) is 0 Å². The van der Waals surface area contributed by atoms with Crippen LogP contribution >= 0.6 is 0 Å². The first kappa shape index (κ1) is 16.7. The normalized spacial score (nSPS) is 10.2. The first-order valence-corrected chi connectivity index (χ1v) is 7.52. The van der Waals surface area contributed by atoms with Crippen LogP contribution in [0.15, 0.2) is 30.3 Å². The highest BCUT2D eigenvalue weighted by molar-refractivity contribution is 5.80. The van der Waals surface area contributed by atoms with Gasteiger partial charge < -0.3 is 15.4 Å². The van der Waals surface area contributed by atoms with Gasteiger partial charge in [-0.15, -0.1) is 0 Å². The highest BCUT2D eigenvalue weighted by atomic mass is 16.5. The molecule has 0 atom stereocenters. The summed E-state index contributed by atoms with van der Waals surface area (Å²) >= 11 is 0. The van der Waals surface area contributed by atoms with Crippen molar-refractivity contribution in [1.82, 2.24) is 15.3 Å². The van der Waals surface area contributed by atoms with Gasteiger partial charge in [-0.3, -0.25) is 4.79 Å². The minimum absolute atomic E-state index is 0.0822. The summed E-state index contributed by atoms with van der Waals surface area (Å²) in [4.78, 5) is 20.3. The molecule has 0 aliphatic rings. The Kier molecular flexibility index (Phi) is 5.91. The van der Waals surface area contributed by atoms with Crippen LogP contribution in [-0.4, -0.2) is 36.1 Å². The fourth-order valence-electron chi connectivity index (χ4n) is 2.17. The third-order valence-corrected chi connectivity index (χ3v) is 3.28. The number of methoxy groups -OCH3 is 1. The minimum Gasteiger partial charge on any atom is -0.497 e. The number of hydrogen-bond donors (Lipinski definition) is 2. The van der Waals surface area contributed by atoms with Crippen LogP contribution in [0.3, 0.4) is 0 Å². The van der Waals surface area contributed by atoms with Crippen molar-refractivity contribution in [3.05, 3.63) is 47.3 Å². The Bertz CT molecular complexity index is 636. The molecule has 1 aromatic carbocycles. The molecule has 0 unspecified atom stereocenters. The molecule has 1 amide bonds. The van der Waals surface area contributed by atoms with Crippen molar-refractivity contribution in [2.24, 2.45) is 0 Å². The zero-order valence-electron chi connectivity index (χ0n) is 13.7. The highest BCUT2D eigenvalue weighted by Crippen LogP contribution is 2.11. The average Bonchev–Trinajstić information content (AvgIpc) is 2.53. The number of ether oxygens (including phenoxy) is 1. The van der Waals surface area contributed by atoms with Crippen LogP contribution < -0.4 is 15.4 Å². The predicted molar refractivity (Wildman–Crippen MR) is 89.7 cm³/mol. The Balaban J connectivity index is 1.72. The van der Waals surface area contributed by atoms with E-state index >= 15 is 0 Å². The number of anilines is 1. The van der Waals surface area contributed by atoms with Gasteiger partial charge >= 0.3 is 0 Å². The summed E-state index contributed by atoms with van der Waals surface area (Å²) < 4.78 is 5.11. The van der Waals surface area contributed by atoms with Crippen LogP contribution in [0.25, 0.3) is 0 Å². The second-order valence-electron chi connectivity index (χ2n) is 5.28. The van der Waals surface area contributed by atoms with Gasteiger partial charge in [0.05, 0.1) is 13.7 Å². The van der Waals surface area contributed by atoms with Crippen LogP contribution in [0.5, 0.6) is 5.75 Å². The lowest BCUT2D eigenvalue weighted by Crippen LogP contribution is -2.31. The number of hydrogen-bond acceptors (Lipinski definition) is 5. The molecule has 6 nitrogen and oxygen atoms in total.